The number of para-hydroxylation sites is 2. The smallest absolute Gasteiger partial charge is 0.329 e. The normalized spacial score (nSPS) is 14.5. The summed E-state index contributed by atoms with van der Waals surface area (Å²) in [7, 11) is 0. The highest BCUT2D eigenvalue weighted by molar-refractivity contribution is 5.78. The SMILES string of the molecule is CCCn1c(=O)n(CCC(=O)N(C(C)C)C2CC2)c2ccccc21. The van der Waals surface area contributed by atoms with Crippen molar-refractivity contribution in [3.63, 3.8) is 0 Å². The highest BCUT2D eigenvalue weighted by Gasteiger charge is 2.33. The van der Waals surface area contributed by atoms with Crippen LogP contribution in [0.15, 0.2) is 29.1 Å². The van der Waals surface area contributed by atoms with Gasteiger partial charge in [-0.05, 0) is 45.2 Å². The topological polar surface area (TPSA) is 47.2 Å². The lowest BCUT2D eigenvalue weighted by Gasteiger charge is -2.26. The Kier molecular flexibility index (Phi) is 4.78. The van der Waals surface area contributed by atoms with Crippen LogP contribution in [0.2, 0.25) is 0 Å². The lowest BCUT2D eigenvalue weighted by Crippen LogP contribution is -2.39. The zero-order valence-corrected chi connectivity index (χ0v) is 14.9. The highest BCUT2D eigenvalue weighted by Crippen LogP contribution is 2.29. The van der Waals surface area contributed by atoms with Crippen molar-refractivity contribution in [2.75, 3.05) is 0 Å². The Morgan fingerprint density at radius 1 is 1.17 bits per heavy atom. The first kappa shape index (κ1) is 16.8. The zero-order valence-electron chi connectivity index (χ0n) is 14.9. The van der Waals surface area contributed by atoms with Gasteiger partial charge in [0.1, 0.15) is 0 Å². The fraction of sp³-hybridized carbons (Fsp3) is 0.579. The average molecular weight is 329 g/mol. The second kappa shape index (κ2) is 6.83. The van der Waals surface area contributed by atoms with Gasteiger partial charge in [-0.2, -0.15) is 0 Å². The van der Waals surface area contributed by atoms with Gasteiger partial charge in [0, 0.05) is 31.6 Å². The number of rotatable bonds is 7. The molecule has 0 bridgehead atoms. The molecule has 1 amide bonds. The Hall–Kier alpha value is -2.04. The first-order valence-corrected chi connectivity index (χ1v) is 9.03. The summed E-state index contributed by atoms with van der Waals surface area (Å²) in [5.41, 5.74) is 1.87. The summed E-state index contributed by atoms with van der Waals surface area (Å²) in [5.74, 6) is 0.159. The minimum Gasteiger partial charge on any atom is -0.337 e. The molecule has 1 aliphatic carbocycles. The Morgan fingerprint density at radius 3 is 2.25 bits per heavy atom. The van der Waals surface area contributed by atoms with Crippen LogP contribution in [0, 0.1) is 0 Å². The van der Waals surface area contributed by atoms with Gasteiger partial charge >= 0.3 is 5.69 Å². The van der Waals surface area contributed by atoms with Gasteiger partial charge in [-0.1, -0.05) is 19.1 Å². The summed E-state index contributed by atoms with van der Waals surface area (Å²) in [6.45, 7) is 7.36. The second-order valence-electron chi connectivity index (χ2n) is 6.95. The molecule has 1 fully saturated rings. The van der Waals surface area contributed by atoms with Gasteiger partial charge in [0.2, 0.25) is 5.91 Å². The molecule has 1 saturated carbocycles. The number of carbonyl (C=O) groups is 1. The lowest BCUT2D eigenvalue weighted by molar-refractivity contribution is -0.133. The van der Waals surface area contributed by atoms with Gasteiger partial charge < -0.3 is 4.90 Å². The van der Waals surface area contributed by atoms with E-state index >= 15 is 0 Å². The maximum absolute atomic E-state index is 12.7. The minimum atomic E-state index is -0.00614. The van der Waals surface area contributed by atoms with Crippen LogP contribution in [0.25, 0.3) is 11.0 Å². The number of aromatic nitrogens is 2. The molecule has 3 rings (SSSR count). The first-order valence-electron chi connectivity index (χ1n) is 9.03. The summed E-state index contributed by atoms with van der Waals surface area (Å²) in [5, 5.41) is 0. The zero-order chi connectivity index (χ0) is 17.3. The van der Waals surface area contributed by atoms with Crippen LogP contribution in [0.5, 0.6) is 0 Å². The van der Waals surface area contributed by atoms with Crippen LogP contribution >= 0.6 is 0 Å². The predicted molar refractivity (Wildman–Crippen MR) is 96.1 cm³/mol. The van der Waals surface area contributed by atoms with Crippen LogP contribution < -0.4 is 5.69 Å². The van der Waals surface area contributed by atoms with Crippen LogP contribution in [0.4, 0.5) is 0 Å². The molecule has 1 aliphatic rings. The summed E-state index contributed by atoms with van der Waals surface area (Å²) >= 11 is 0. The number of carbonyl (C=O) groups excluding carboxylic acids is 1. The number of aryl methyl sites for hydroxylation is 2. The molecule has 0 radical (unpaired) electrons. The highest BCUT2D eigenvalue weighted by atomic mass is 16.2. The Labute approximate surface area is 142 Å². The summed E-state index contributed by atoms with van der Waals surface area (Å²) in [4.78, 5) is 27.4. The molecular weight excluding hydrogens is 302 g/mol. The molecule has 0 unspecified atom stereocenters. The molecular formula is C19H27N3O2. The molecule has 5 heteroatoms. The van der Waals surface area contributed by atoms with E-state index in [0.29, 0.717) is 25.6 Å². The Balaban J connectivity index is 1.84. The van der Waals surface area contributed by atoms with E-state index in [1.165, 1.54) is 0 Å². The van der Waals surface area contributed by atoms with Crippen LogP contribution in [0.1, 0.15) is 46.5 Å². The molecule has 0 aliphatic heterocycles. The third-order valence-corrected chi connectivity index (χ3v) is 4.71. The summed E-state index contributed by atoms with van der Waals surface area (Å²) in [6, 6.07) is 8.49. The van der Waals surface area contributed by atoms with E-state index in [4.69, 9.17) is 0 Å². The maximum Gasteiger partial charge on any atom is 0.329 e. The number of hydrogen-bond donors (Lipinski definition) is 0. The standard InChI is InChI=1S/C19H27N3O2/c1-4-12-20-16-7-5-6-8-17(16)21(19(20)24)13-11-18(23)22(14(2)3)15-9-10-15/h5-8,14-15H,4,9-13H2,1-3H3. The van der Waals surface area contributed by atoms with Gasteiger partial charge in [-0.3, -0.25) is 13.9 Å². The predicted octanol–water partition coefficient (Wildman–Crippen LogP) is 3.00. The summed E-state index contributed by atoms with van der Waals surface area (Å²) in [6.07, 6.45) is 3.52. The molecule has 0 N–H and O–H groups in total. The third kappa shape index (κ3) is 3.12. The fourth-order valence-corrected chi connectivity index (χ4v) is 3.53. The van der Waals surface area contributed by atoms with Crippen molar-refractivity contribution in [3.05, 3.63) is 34.7 Å². The van der Waals surface area contributed by atoms with Gasteiger partial charge in [0.15, 0.2) is 0 Å². The van der Waals surface area contributed by atoms with Crippen molar-refractivity contribution in [2.24, 2.45) is 0 Å². The summed E-state index contributed by atoms with van der Waals surface area (Å²) < 4.78 is 3.58. The lowest BCUT2D eigenvalue weighted by atomic mass is 10.2. The van der Waals surface area contributed by atoms with Gasteiger partial charge in [-0.15, -0.1) is 0 Å². The van der Waals surface area contributed by atoms with Gasteiger partial charge in [0.05, 0.1) is 11.0 Å². The number of amides is 1. The average Bonchev–Trinajstić information content (AvgIpc) is 3.33. The Morgan fingerprint density at radius 2 is 1.75 bits per heavy atom. The van der Waals surface area contributed by atoms with E-state index in [1.54, 1.807) is 4.57 Å². The molecule has 0 saturated heterocycles. The van der Waals surface area contributed by atoms with Crippen LogP contribution in [-0.2, 0) is 17.9 Å². The van der Waals surface area contributed by atoms with Crippen LogP contribution in [0.3, 0.4) is 0 Å². The molecule has 0 atom stereocenters. The number of imidazole rings is 1. The first-order chi connectivity index (χ1) is 11.5. The second-order valence-corrected chi connectivity index (χ2v) is 6.95. The molecule has 24 heavy (non-hydrogen) atoms. The molecule has 1 heterocycles. The number of hydrogen-bond acceptors (Lipinski definition) is 2. The Bertz CT molecular complexity index is 781. The van der Waals surface area contributed by atoms with Gasteiger partial charge in [-0.25, -0.2) is 4.79 Å². The fourth-order valence-electron chi connectivity index (χ4n) is 3.53. The van der Waals surface area contributed by atoms with Crippen molar-refractivity contribution < 1.29 is 4.79 Å². The number of benzene rings is 1. The van der Waals surface area contributed by atoms with E-state index in [0.717, 1.165) is 30.3 Å². The molecule has 130 valence electrons. The van der Waals surface area contributed by atoms with Crippen LogP contribution in [-0.4, -0.2) is 32.0 Å². The third-order valence-electron chi connectivity index (χ3n) is 4.71. The molecule has 0 spiro atoms. The molecule has 1 aromatic heterocycles. The van der Waals surface area contributed by atoms with E-state index < -0.39 is 0 Å². The largest absolute Gasteiger partial charge is 0.337 e. The monoisotopic (exact) mass is 329 g/mol. The number of fused-ring (bicyclic) bond motifs is 1. The quantitative estimate of drug-likeness (QED) is 0.784. The van der Waals surface area contributed by atoms with E-state index in [2.05, 4.69) is 20.8 Å². The van der Waals surface area contributed by atoms with Crippen molar-refractivity contribution in [3.8, 4) is 0 Å². The van der Waals surface area contributed by atoms with Crippen molar-refractivity contribution >= 4 is 16.9 Å². The minimum absolute atomic E-state index is 0.00614. The van der Waals surface area contributed by atoms with E-state index in [-0.39, 0.29) is 17.6 Å². The van der Waals surface area contributed by atoms with E-state index in [9.17, 15) is 9.59 Å². The molecule has 1 aromatic carbocycles. The molecule has 2 aromatic rings. The van der Waals surface area contributed by atoms with Crippen molar-refractivity contribution in [2.45, 2.75) is 71.6 Å². The maximum atomic E-state index is 12.7. The molecule has 5 nitrogen and oxygen atoms in total. The van der Waals surface area contributed by atoms with Crippen molar-refractivity contribution in [1.29, 1.82) is 0 Å². The van der Waals surface area contributed by atoms with Gasteiger partial charge in [0.25, 0.3) is 0 Å². The van der Waals surface area contributed by atoms with Crippen molar-refractivity contribution in [1.82, 2.24) is 14.0 Å². The number of nitrogens with zero attached hydrogens (tertiary/aromatic N) is 3. The van der Waals surface area contributed by atoms with E-state index in [1.807, 2.05) is 33.7 Å².